The van der Waals surface area contributed by atoms with E-state index in [-0.39, 0.29) is 11.2 Å². The summed E-state index contributed by atoms with van der Waals surface area (Å²) in [7, 11) is 0. The van der Waals surface area contributed by atoms with Crippen molar-refractivity contribution in [3.63, 3.8) is 0 Å². The van der Waals surface area contributed by atoms with Crippen LogP contribution in [0, 0.1) is 6.92 Å². The normalized spacial score (nSPS) is 20.2. The van der Waals surface area contributed by atoms with Crippen LogP contribution in [0.2, 0.25) is 0 Å². The third kappa shape index (κ3) is 2.98. The van der Waals surface area contributed by atoms with Gasteiger partial charge < -0.3 is 9.47 Å². The highest BCUT2D eigenvalue weighted by atomic mass is 16.7. The quantitative estimate of drug-likeness (QED) is 0.827. The Hall–Kier alpha value is -1.77. The summed E-state index contributed by atoms with van der Waals surface area (Å²) < 4.78 is 11.6. The summed E-state index contributed by atoms with van der Waals surface area (Å²) in [6.07, 6.45) is 3.65. The first-order valence-electron chi connectivity index (χ1n) is 6.55. The van der Waals surface area contributed by atoms with Gasteiger partial charge in [0.05, 0.1) is 6.08 Å². The first kappa shape index (κ1) is 13.7. The number of hydrogen-bond acceptors (Lipinski definition) is 2. The molecule has 0 saturated carbocycles. The van der Waals surface area contributed by atoms with Gasteiger partial charge in [-0.3, -0.25) is 0 Å². The minimum Gasteiger partial charge on any atom is -0.455 e. The number of ether oxygens (including phenoxy) is 2. The molecule has 3 heteroatoms. The Kier molecular flexibility index (Phi) is 3.40. The number of nitrogens with one attached hydrogen (secondary N) is 1. The summed E-state index contributed by atoms with van der Waals surface area (Å²) in [5, 5.41) is 0. The maximum absolute atomic E-state index is 5.79. The van der Waals surface area contributed by atoms with E-state index in [0.29, 0.717) is 5.95 Å². The predicted molar refractivity (Wildman–Crippen MR) is 76.3 cm³/mol. The van der Waals surface area contributed by atoms with Gasteiger partial charge in [0.25, 0.3) is 5.95 Å². The van der Waals surface area contributed by atoms with Crippen molar-refractivity contribution >= 4 is 11.9 Å². The van der Waals surface area contributed by atoms with Gasteiger partial charge in [-0.05, 0) is 40.2 Å². The maximum Gasteiger partial charge on any atom is 0.286 e. The number of benzene rings is 1. The van der Waals surface area contributed by atoms with Crippen molar-refractivity contribution < 1.29 is 14.5 Å². The Morgan fingerprint density at radius 3 is 2.26 bits per heavy atom. The third-order valence-electron chi connectivity index (χ3n) is 3.65. The highest BCUT2D eigenvalue weighted by molar-refractivity contribution is 5.66. The van der Waals surface area contributed by atoms with Crippen LogP contribution < -0.4 is 4.99 Å². The molecule has 1 heterocycles. The molecule has 1 saturated heterocycles. The van der Waals surface area contributed by atoms with Crippen LogP contribution in [0.4, 0.5) is 5.69 Å². The second-order valence-corrected chi connectivity index (χ2v) is 5.89. The smallest absolute Gasteiger partial charge is 0.286 e. The highest BCUT2D eigenvalue weighted by Crippen LogP contribution is 2.39. The SMILES string of the molecule is Cc1cccc([NH+]=CC=C2OC(C)(C)C(C)(C)O2)c1. The molecule has 1 aromatic rings. The highest BCUT2D eigenvalue weighted by Gasteiger charge is 2.48. The van der Waals surface area contributed by atoms with Crippen LogP contribution >= 0.6 is 0 Å². The summed E-state index contributed by atoms with van der Waals surface area (Å²) in [4.78, 5) is 3.21. The molecule has 1 N–H and O–H groups in total. The molecule has 0 amide bonds. The lowest BCUT2D eigenvalue weighted by Gasteiger charge is -2.28. The van der Waals surface area contributed by atoms with Crippen molar-refractivity contribution in [3.8, 4) is 0 Å². The van der Waals surface area contributed by atoms with Crippen molar-refractivity contribution in [2.45, 2.75) is 45.8 Å². The molecular weight excluding hydrogens is 238 g/mol. The van der Waals surface area contributed by atoms with Crippen molar-refractivity contribution in [1.29, 1.82) is 0 Å². The van der Waals surface area contributed by atoms with Gasteiger partial charge in [-0.25, -0.2) is 4.99 Å². The summed E-state index contributed by atoms with van der Waals surface area (Å²) in [6.45, 7) is 10.2. The molecule has 0 bridgehead atoms. The van der Waals surface area contributed by atoms with Crippen LogP contribution in [0.25, 0.3) is 0 Å². The predicted octanol–water partition coefficient (Wildman–Crippen LogP) is 2.22. The molecule has 1 fully saturated rings. The fourth-order valence-electron chi connectivity index (χ4n) is 1.78. The van der Waals surface area contributed by atoms with Crippen molar-refractivity contribution in [2.75, 3.05) is 0 Å². The molecule has 0 aliphatic carbocycles. The lowest BCUT2D eigenvalue weighted by Crippen LogP contribution is -2.61. The number of aryl methyl sites for hydroxylation is 1. The Bertz CT molecular complexity index is 509. The van der Waals surface area contributed by atoms with Gasteiger partial charge in [0.15, 0.2) is 6.21 Å². The van der Waals surface area contributed by atoms with Crippen LogP contribution in [-0.2, 0) is 9.47 Å². The summed E-state index contributed by atoms with van der Waals surface area (Å²) in [5.74, 6) is 0.551. The van der Waals surface area contributed by atoms with Crippen LogP contribution in [-0.4, -0.2) is 17.4 Å². The Morgan fingerprint density at radius 1 is 1.05 bits per heavy atom. The zero-order chi connectivity index (χ0) is 14.1. The van der Waals surface area contributed by atoms with E-state index < -0.39 is 0 Å². The largest absolute Gasteiger partial charge is 0.455 e. The lowest BCUT2D eigenvalue weighted by atomic mass is 9.90. The molecule has 3 nitrogen and oxygen atoms in total. The number of rotatable bonds is 2. The standard InChI is InChI=1S/C16H21NO2/c1-12-7-6-8-13(11-12)17-10-9-14-18-15(2,3)16(4,5)19-14/h6-11H,1-5H3/p+1. The zero-order valence-corrected chi connectivity index (χ0v) is 12.3. The Morgan fingerprint density at radius 2 is 1.68 bits per heavy atom. The second kappa shape index (κ2) is 4.72. The molecule has 0 radical (unpaired) electrons. The molecule has 1 aliphatic rings. The average molecular weight is 260 g/mol. The first-order valence-corrected chi connectivity index (χ1v) is 6.55. The van der Waals surface area contributed by atoms with E-state index in [4.69, 9.17) is 9.47 Å². The molecule has 0 aromatic heterocycles. The fourth-order valence-corrected chi connectivity index (χ4v) is 1.78. The third-order valence-corrected chi connectivity index (χ3v) is 3.65. The van der Waals surface area contributed by atoms with Gasteiger partial charge in [-0.2, -0.15) is 0 Å². The summed E-state index contributed by atoms with van der Waals surface area (Å²) in [5.41, 5.74) is 1.63. The van der Waals surface area contributed by atoms with Crippen molar-refractivity contribution in [1.82, 2.24) is 0 Å². The molecule has 1 aromatic carbocycles. The average Bonchev–Trinajstić information content (AvgIpc) is 2.47. The van der Waals surface area contributed by atoms with Crippen molar-refractivity contribution in [2.24, 2.45) is 0 Å². The van der Waals surface area contributed by atoms with Gasteiger partial charge >= 0.3 is 0 Å². The Balaban J connectivity index is 2.09. The van der Waals surface area contributed by atoms with Gasteiger partial charge in [-0.15, -0.1) is 0 Å². The van der Waals surface area contributed by atoms with Gasteiger partial charge in [-0.1, -0.05) is 12.1 Å². The van der Waals surface area contributed by atoms with E-state index in [9.17, 15) is 0 Å². The van der Waals surface area contributed by atoms with E-state index in [0.717, 1.165) is 5.69 Å². The molecule has 0 unspecified atom stereocenters. The van der Waals surface area contributed by atoms with E-state index in [2.05, 4.69) is 24.0 Å². The number of allylic oxidation sites excluding steroid dienone is 1. The summed E-state index contributed by atoms with van der Waals surface area (Å²) >= 11 is 0. The number of hydrogen-bond donors (Lipinski definition) is 1. The van der Waals surface area contributed by atoms with Gasteiger partial charge in [0, 0.05) is 12.1 Å². The molecule has 102 valence electrons. The molecule has 0 atom stereocenters. The first-order chi connectivity index (χ1) is 8.80. The van der Waals surface area contributed by atoms with Crippen molar-refractivity contribution in [3.05, 3.63) is 41.9 Å². The summed E-state index contributed by atoms with van der Waals surface area (Å²) in [6, 6.07) is 8.19. The van der Waals surface area contributed by atoms with E-state index in [1.165, 1.54) is 5.56 Å². The minimum absolute atomic E-state index is 0.323. The monoisotopic (exact) mass is 260 g/mol. The lowest BCUT2D eigenvalue weighted by molar-refractivity contribution is -0.346. The van der Waals surface area contributed by atoms with E-state index in [1.54, 1.807) is 0 Å². The fraction of sp³-hybridized carbons (Fsp3) is 0.438. The van der Waals surface area contributed by atoms with Crippen LogP contribution in [0.3, 0.4) is 0 Å². The maximum atomic E-state index is 5.79. The minimum atomic E-state index is -0.323. The van der Waals surface area contributed by atoms with Crippen LogP contribution in [0.1, 0.15) is 33.3 Å². The van der Waals surface area contributed by atoms with Crippen LogP contribution in [0.5, 0.6) is 0 Å². The molecule has 1 aliphatic heterocycles. The second-order valence-electron chi connectivity index (χ2n) is 5.89. The van der Waals surface area contributed by atoms with Crippen LogP contribution in [0.15, 0.2) is 36.3 Å². The van der Waals surface area contributed by atoms with Gasteiger partial charge in [0.1, 0.15) is 11.2 Å². The zero-order valence-electron chi connectivity index (χ0n) is 12.3. The molecule has 0 spiro atoms. The molecular formula is C16H22NO2+. The van der Waals surface area contributed by atoms with E-state index in [1.807, 2.05) is 52.1 Å². The topological polar surface area (TPSA) is 32.4 Å². The molecule has 19 heavy (non-hydrogen) atoms. The Labute approximate surface area is 115 Å². The molecule has 2 rings (SSSR count). The van der Waals surface area contributed by atoms with E-state index >= 15 is 0 Å². The van der Waals surface area contributed by atoms with Gasteiger partial charge in [0.2, 0.25) is 5.69 Å².